The summed E-state index contributed by atoms with van der Waals surface area (Å²) in [6, 6.07) is 11.9. The van der Waals surface area contributed by atoms with Crippen LogP contribution in [0.1, 0.15) is 18.4 Å². The normalized spacial score (nSPS) is 15.9. The van der Waals surface area contributed by atoms with E-state index in [1.807, 2.05) is 42.2 Å². The molecule has 0 aromatic heterocycles. The number of carboxylic acids is 1. The zero-order valence-corrected chi connectivity index (χ0v) is 14.3. The maximum absolute atomic E-state index is 12.4. The quantitative estimate of drug-likeness (QED) is 0.799. The standard InChI is InChI=1S/C19H23N3O3/c1-13-10-14-4-2-3-5-16(14)17(11-13)21-19(25)20-15-6-8-22(9-7-15)12-18(23)24/h2-5,10-11,15H,6-9,12H2,1H3,(H,23,24)(H2,20,21,25). The second-order valence-corrected chi connectivity index (χ2v) is 6.58. The van der Waals surface area contributed by atoms with Crippen molar-refractivity contribution in [2.75, 3.05) is 25.0 Å². The van der Waals surface area contributed by atoms with Crippen LogP contribution in [-0.4, -0.2) is 47.7 Å². The Morgan fingerprint density at radius 1 is 1.20 bits per heavy atom. The smallest absolute Gasteiger partial charge is 0.319 e. The molecule has 25 heavy (non-hydrogen) atoms. The van der Waals surface area contributed by atoms with Crippen LogP contribution in [0.15, 0.2) is 36.4 Å². The number of likely N-dealkylation sites (tertiary alicyclic amines) is 1. The Morgan fingerprint density at radius 2 is 1.92 bits per heavy atom. The number of hydrogen-bond acceptors (Lipinski definition) is 3. The van der Waals surface area contributed by atoms with Gasteiger partial charge in [-0.05, 0) is 36.8 Å². The van der Waals surface area contributed by atoms with Crippen molar-refractivity contribution in [1.82, 2.24) is 10.2 Å². The zero-order chi connectivity index (χ0) is 17.8. The van der Waals surface area contributed by atoms with Crippen LogP contribution >= 0.6 is 0 Å². The van der Waals surface area contributed by atoms with E-state index in [1.54, 1.807) is 0 Å². The third-order valence-corrected chi connectivity index (χ3v) is 4.54. The van der Waals surface area contributed by atoms with Crippen LogP contribution in [0, 0.1) is 6.92 Å². The number of urea groups is 1. The number of fused-ring (bicyclic) bond motifs is 1. The highest BCUT2D eigenvalue weighted by atomic mass is 16.4. The lowest BCUT2D eigenvalue weighted by Gasteiger charge is -2.31. The molecule has 0 unspecified atom stereocenters. The van der Waals surface area contributed by atoms with E-state index in [4.69, 9.17) is 5.11 Å². The summed E-state index contributed by atoms with van der Waals surface area (Å²) in [4.78, 5) is 25.0. The van der Waals surface area contributed by atoms with Crippen LogP contribution in [0.5, 0.6) is 0 Å². The van der Waals surface area contributed by atoms with Crippen molar-refractivity contribution in [1.29, 1.82) is 0 Å². The molecule has 3 rings (SSSR count). The molecule has 1 fully saturated rings. The number of aliphatic carboxylic acids is 1. The van der Waals surface area contributed by atoms with Crippen molar-refractivity contribution in [3.05, 3.63) is 42.0 Å². The molecule has 132 valence electrons. The summed E-state index contributed by atoms with van der Waals surface area (Å²) in [6.45, 7) is 3.44. The Balaban J connectivity index is 1.60. The molecule has 0 saturated carbocycles. The second-order valence-electron chi connectivity index (χ2n) is 6.58. The molecule has 6 heteroatoms. The molecular weight excluding hydrogens is 318 g/mol. The number of piperidine rings is 1. The fourth-order valence-corrected chi connectivity index (χ4v) is 3.33. The molecule has 1 heterocycles. The first-order chi connectivity index (χ1) is 12.0. The highest BCUT2D eigenvalue weighted by Gasteiger charge is 2.22. The number of aryl methyl sites for hydroxylation is 1. The molecule has 0 bridgehead atoms. The SMILES string of the molecule is Cc1cc(NC(=O)NC2CCN(CC(=O)O)CC2)c2ccccc2c1. The molecular formula is C19H23N3O3. The molecule has 1 aliphatic heterocycles. The van der Waals surface area contributed by atoms with E-state index in [0.717, 1.165) is 34.9 Å². The Morgan fingerprint density at radius 3 is 2.64 bits per heavy atom. The molecule has 0 spiro atoms. The summed E-state index contributed by atoms with van der Waals surface area (Å²) in [6.07, 6.45) is 1.52. The first-order valence-electron chi connectivity index (χ1n) is 8.52. The number of carbonyl (C=O) groups is 2. The fraction of sp³-hybridized carbons (Fsp3) is 0.368. The van der Waals surface area contributed by atoms with Gasteiger partial charge in [-0.2, -0.15) is 0 Å². The van der Waals surface area contributed by atoms with Crippen LogP contribution < -0.4 is 10.6 Å². The number of anilines is 1. The summed E-state index contributed by atoms with van der Waals surface area (Å²) >= 11 is 0. The summed E-state index contributed by atoms with van der Waals surface area (Å²) in [5, 5.41) is 16.9. The molecule has 2 amide bonds. The van der Waals surface area contributed by atoms with E-state index in [-0.39, 0.29) is 18.6 Å². The van der Waals surface area contributed by atoms with Crippen LogP contribution in [0.4, 0.5) is 10.5 Å². The van der Waals surface area contributed by atoms with Gasteiger partial charge in [0, 0.05) is 24.5 Å². The van der Waals surface area contributed by atoms with Gasteiger partial charge in [-0.1, -0.05) is 30.3 Å². The average molecular weight is 341 g/mol. The molecule has 1 saturated heterocycles. The lowest BCUT2D eigenvalue weighted by Crippen LogP contribution is -2.47. The number of nitrogens with zero attached hydrogens (tertiary/aromatic N) is 1. The molecule has 0 aliphatic carbocycles. The molecule has 0 atom stereocenters. The van der Waals surface area contributed by atoms with Crippen LogP contribution in [0.25, 0.3) is 10.8 Å². The molecule has 2 aromatic rings. The predicted molar refractivity (Wildman–Crippen MR) is 97.9 cm³/mol. The number of nitrogens with one attached hydrogen (secondary N) is 2. The van der Waals surface area contributed by atoms with Gasteiger partial charge in [0.15, 0.2) is 0 Å². The van der Waals surface area contributed by atoms with Crippen LogP contribution in [0.3, 0.4) is 0 Å². The minimum atomic E-state index is -0.810. The van der Waals surface area contributed by atoms with Crippen molar-refractivity contribution in [2.24, 2.45) is 0 Å². The fourth-order valence-electron chi connectivity index (χ4n) is 3.33. The van der Waals surface area contributed by atoms with Crippen molar-refractivity contribution < 1.29 is 14.7 Å². The van der Waals surface area contributed by atoms with Gasteiger partial charge in [0.2, 0.25) is 0 Å². The zero-order valence-electron chi connectivity index (χ0n) is 14.3. The molecule has 2 aromatic carbocycles. The number of benzene rings is 2. The summed E-state index contributed by atoms with van der Waals surface area (Å²) in [5.41, 5.74) is 1.90. The monoisotopic (exact) mass is 341 g/mol. The number of hydrogen-bond donors (Lipinski definition) is 3. The minimum absolute atomic E-state index is 0.0637. The minimum Gasteiger partial charge on any atom is -0.480 e. The van der Waals surface area contributed by atoms with Crippen LogP contribution in [-0.2, 0) is 4.79 Å². The van der Waals surface area contributed by atoms with E-state index >= 15 is 0 Å². The van der Waals surface area contributed by atoms with Gasteiger partial charge in [-0.25, -0.2) is 4.79 Å². The number of carbonyl (C=O) groups excluding carboxylic acids is 1. The largest absolute Gasteiger partial charge is 0.480 e. The van der Waals surface area contributed by atoms with Crippen molar-refractivity contribution in [3.8, 4) is 0 Å². The maximum atomic E-state index is 12.4. The summed E-state index contributed by atoms with van der Waals surface area (Å²) in [5.74, 6) is -0.810. The first kappa shape index (κ1) is 17.2. The second kappa shape index (κ2) is 7.53. The van der Waals surface area contributed by atoms with Crippen molar-refractivity contribution in [2.45, 2.75) is 25.8 Å². The van der Waals surface area contributed by atoms with Crippen LogP contribution in [0.2, 0.25) is 0 Å². The molecule has 0 radical (unpaired) electrons. The van der Waals surface area contributed by atoms with Gasteiger partial charge >= 0.3 is 12.0 Å². The Hall–Kier alpha value is -2.60. The van der Waals surface area contributed by atoms with E-state index in [9.17, 15) is 9.59 Å². The first-order valence-corrected chi connectivity index (χ1v) is 8.52. The Labute approximate surface area is 146 Å². The highest BCUT2D eigenvalue weighted by molar-refractivity contribution is 6.02. The van der Waals surface area contributed by atoms with Gasteiger partial charge in [-0.3, -0.25) is 9.69 Å². The average Bonchev–Trinajstić information content (AvgIpc) is 2.56. The maximum Gasteiger partial charge on any atom is 0.319 e. The van der Waals surface area contributed by atoms with E-state index in [1.165, 1.54) is 0 Å². The lowest BCUT2D eigenvalue weighted by molar-refractivity contribution is -0.138. The lowest BCUT2D eigenvalue weighted by atomic mass is 10.0. The van der Waals surface area contributed by atoms with Gasteiger partial charge < -0.3 is 15.7 Å². The number of amides is 2. The number of rotatable bonds is 4. The highest BCUT2D eigenvalue weighted by Crippen LogP contribution is 2.25. The Kier molecular flexibility index (Phi) is 5.19. The van der Waals surface area contributed by atoms with Gasteiger partial charge in [0.05, 0.1) is 12.2 Å². The predicted octanol–water partition coefficient (Wildman–Crippen LogP) is 2.82. The molecule has 1 aliphatic rings. The topological polar surface area (TPSA) is 81.7 Å². The third-order valence-electron chi connectivity index (χ3n) is 4.54. The number of carboxylic acid groups (broad SMARTS) is 1. The van der Waals surface area contributed by atoms with Crippen molar-refractivity contribution in [3.63, 3.8) is 0 Å². The van der Waals surface area contributed by atoms with Gasteiger partial charge in [0.1, 0.15) is 0 Å². The van der Waals surface area contributed by atoms with Crippen molar-refractivity contribution >= 4 is 28.5 Å². The van der Waals surface area contributed by atoms with E-state index in [2.05, 4.69) is 16.7 Å². The third kappa shape index (κ3) is 4.48. The molecule has 6 nitrogen and oxygen atoms in total. The van der Waals surface area contributed by atoms with Gasteiger partial charge in [-0.15, -0.1) is 0 Å². The molecule has 3 N–H and O–H groups in total. The van der Waals surface area contributed by atoms with Gasteiger partial charge in [0.25, 0.3) is 0 Å². The Bertz CT molecular complexity index is 783. The van der Waals surface area contributed by atoms with E-state index < -0.39 is 5.97 Å². The summed E-state index contributed by atoms with van der Waals surface area (Å²) < 4.78 is 0. The van der Waals surface area contributed by atoms with E-state index in [0.29, 0.717) is 13.1 Å². The summed E-state index contributed by atoms with van der Waals surface area (Å²) in [7, 11) is 0.